The van der Waals surface area contributed by atoms with Crippen molar-refractivity contribution in [1.29, 1.82) is 0 Å². The van der Waals surface area contributed by atoms with Crippen molar-refractivity contribution >= 4 is 32.9 Å². The molecule has 0 amide bonds. The third-order valence-electron chi connectivity index (χ3n) is 4.68. The predicted molar refractivity (Wildman–Crippen MR) is 113 cm³/mol. The highest BCUT2D eigenvalue weighted by molar-refractivity contribution is 7.92. The van der Waals surface area contributed by atoms with Crippen LogP contribution < -0.4 is 14.9 Å². The van der Waals surface area contributed by atoms with Gasteiger partial charge in [0, 0.05) is 24.5 Å². The molecule has 3 aromatic rings. The first kappa shape index (κ1) is 18.3. The van der Waals surface area contributed by atoms with Gasteiger partial charge in [-0.1, -0.05) is 18.2 Å². The molecule has 1 aliphatic rings. The van der Waals surface area contributed by atoms with Crippen molar-refractivity contribution in [3.8, 4) is 0 Å². The minimum atomic E-state index is -3.61. The molecule has 2 aromatic carbocycles. The van der Waals surface area contributed by atoms with Gasteiger partial charge < -0.3 is 10.2 Å². The number of nitrogens with one attached hydrogen (secondary N) is 2. The molecule has 4 rings (SSSR count). The lowest BCUT2D eigenvalue weighted by molar-refractivity contribution is 0.601. The minimum Gasteiger partial charge on any atom is -0.372 e. The Kier molecular flexibility index (Phi) is 5.16. The zero-order chi connectivity index (χ0) is 19.4. The van der Waals surface area contributed by atoms with Crippen molar-refractivity contribution in [3.05, 3.63) is 72.9 Å². The summed E-state index contributed by atoms with van der Waals surface area (Å²) in [6.45, 7) is 2.24. The van der Waals surface area contributed by atoms with Crippen molar-refractivity contribution in [3.63, 3.8) is 0 Å². The van der Waals surface area contributed by atoms with Gasteiger partial charge in [-0.15, -0.1) is 0 Å². The van der Waals surface area contributed by atoms with Gasteiger partial charge in [0.1, 0.15) is 5.82 Å². The fourth-order valence-corrected chi connectivity index (χ4v) is 4.29. The third-order valence-corrected chi connectivity index (χ3v) is 6.08. The van der Waals surface area contributed by atoms with Gasteiger partial charge in [-0.3, -0.25) is 4.72 Å². The lowest BCUT2D eigenvalue weighted by Crippen LogP contribution is -2.17. The Bertz CT molecular complexity index is 1010. The number of sulfonamides is 1. The molecule has 1 fully saturated rings. The van der Waals surface area contributed by atoms with E-state index in [4.69, 9.17) is 0 Å². The number of benzene rings is 2. The van der Waals surface area contributed by atoms with E-state index in [1.807, 2.05) is 12.1 Å². The smallest absolute Gasteiger partial charge is 0.261 e. The molecule has 1 aliphatic heterocycles. The van der Waals surface area contributed by atoms with Gasteiger partial charge in [-0.25, -0.2) is 13.4 Å². The van der Waals surface area contributed by atoms with Crippen molar-refractivity contribution in [1.82, 2.24) is 4.98 Å². The average Bonchev–Trinajstić information content (AvgIpc) is 3.25. The topological polar surface area (TPSA) is 74.3 Å². The second-order valence-electron chi connectivity index (χ2n) is 6.72. The van der Waals surface area contributed by atoms with Crippen LogP contribution in [0.25, 0.3) is 0 Å². The number of pyridine rings is 1. The fraction of sp³-hybridized carbons (Fsp3) is 0.190. The number of rotatable bonds is 6. The summed E-state index contributed by atoms with van der Waals surface area (Å²) in [7, 11) is -3.61. The first-order chi connectivity index (χ1) is 13.6. The standard InChI is InChI=1S/C21H22N4O2S/c26-28(27,20-6-2-1-3-7-20)24-18-10-13-21(22-16-18)23-17-8-11-19(12-9-17)25-14-4-5-15-25/h1-3,6-13,16,24H,4-5,14-15H2,(H,22,23). The largest absolute Gasteiger partial charge is 0.372 e. The van der Waals surface area contributed by atoms with E-state index in [9.17, 15) is 8.42 Å². The highest BCUT2D eigenvalue weighted by Gasteiger charge is 2.14. The van der Waals surface area contributed by atoms with Crippen LogP contribution in [-0.4, -0.2) is 26.5 Å². The van der Waals surface area contributed by atoms with Crippen LogP contribution in [0.3, 0.4) is 0 Å². The lowest BCUT2D eigenvalue weighted by atomic mass is 10.2. The molecular formula is C21H22N4O2S. The van der Waals surface area contributed by atoms with E-state index in [0.29, 0.717) is 11.5 Å². The maximum Gasteiger partial charge on any atom is 0.261 e. The maximum atomic E-state index is 12.4. The highest BCUT2D eigenvalue weighted by Crippen LogP contribution is 2.24. The molecule has 28 heavy (non-hydrogen) atoms. The first-order valence-corrected chi connectivity index (χ1v) is 10.7. The number of aromatic nitrogens is 1. The fourth-order valence-electron chi connectivity index (χ4n) is 3.22. The summed E-state index contributed by atoms with van der Waals surface area (Å²) < 4.78 is 27.3. The summed E-state index contributed by atoms with van der Waals surface area (Å²) in [5, 5.41) is 3.24. The van der Waals surface area contributed by atoms with Crippen LogP contribution in [0, 0.1) is 0 Å². The molecular weight excluding hydrogens is 372 g/mol. The summed E-state index contributed by atoms with van der Waals surface area (Å²) in [6, 6.07) is 20.0. The van der Waals surface area contributed by atoms with Gasteiger partial charge in [0.05, 0.1) is 16.8 Å². The van der Waals surface area contributed by atoms with Crippen LogP contribution >= 0.6 is 0 Å². The summed E-state index contributed by atoms with van der Waals surface area (Å²) in [6.07, 6.45) is 4.01. The molecule has 1 saturated heterocycles. The maximum absolute atomic E-state index is 12.4. The molecule has 6 nitrogen and oxygen atoms in total. The lowest BCUT2D eigenvalue weighted by Gasteiger charge is -2.18. The summed E-state index contributed by atoms with van der Waals surface area (Å²) in [5.74, 6) is 0.650. The number of nitrogens with zero attached hydrogens (tertiary/aromatic N) is 2. The van der Waals surface area contributed by atoms with E-state index in [0.717, 1.165) is 18.8 Å². The average molecular weight is 395 g/mol. The van der Waals surface area contributed by atoms with E-state index >= 15 is 0 Å². The van der Waals surface area contributed by atoms with Gasteiger partial charge in [-0.2, -0.15) is 0 Å². The monoisotopic (exact) mass is 394 g/mol. The molecule has 0 spiro atoms. The Labute approximate surface area is 165 Å². The summed E-state index contributed by atoms with van der Waals surface area (Å²) in [5.41, 5.74) is 2.59. The van der Waals surface area contributed by atoms with Crippen LogP contribution in [0.4, 0.5) is 22.9 Å². The molecule has 0 unspecified atom stereocenters. The van der Waals surface area contributed by atoms with Gasteiger partial charge in [0.25, 0.3) is 10.0 Å². The zero-order valence-corrected chi connectivity index (χ0v) is 16.2. The number of hydrogen-bond acceptors (Lipinski definition) is 5. The molecule has 2 heterocycles. The van der Waals surface area contributed by atoms with Crippen molar-refractivity contribution in [2.24, 2.45) is 0 Å². The molecule has 0 bridgehead atoms. The second kappa shape index (κ2) is 7.90. The van der Waals surface area contributed by atoms with E-state index in [1.54, 1.807) is 42.5 Å². The molecule has 0 atom stereocenters. The normalized spacial score (nSPS) is 14.1. The van der Waals surface area contributed by atoms with Crippen molar-refractivity contribution in [2.75, 3.05) is 28.0 Å². The summed E-state index contributed by atoms with van der Waals surface area (Å²) in [4.78, 5) is 6.91. The second-order valence-corrected chi connectivity index (χ2v) is 8.40. The molecule has 2 N–H and O–H groups in total. The summed E-state index contributed by atoms with van der Waals surface area (Å²) >= 11 is 0. The molecule has 144 valence electrons. The Hall–Kier alpha value is -3.06. The third kappa shape index (κ3) is 4.26. The van der Waals surface area contributed by atoms with Crippen molar-refractivity contribution in [2.45, 2.75) is 17.7 Å². The first-order valence-electron chi connectivity index (χ1n) is 9.26. The van der Waals surface area contributed by atoms with Gasteiger partial charge in [-0.05, 0) is 61.4 Å². The quantitative estimate of drug-likeness (QED) is 0.655. The molecule has 0 radical (unpaired) electrons. The Morgan fingerprint density at radius 2 is 1.50 bits per heavy atom. The van der Waals surface area contributed by atoms with E-state index < -0.39 is 10.0 Å². The molecule has 7 heteroatoms. The Balaban J connectivity index is 1.40. The van der Waals surface area contributed by atoms with Crippen LogP contribution in [-0.2, 0) is 10.0 Å². The molecule has 0 saturated carbocycles. The molecule has 1 aromatic heterocycles. The highest BCUT2D eigenvalue weighted by atomic mass is 32.2. The van der Waals surface area contributed by atoms with Crippen LogP contribution in [0.1, 0.15) is 12.8 Å². The van der Waals surface area contributed by atoms with Crippen LogP contribution in [0.2, 0.25) is 0 Å². The van der Waals surface area contributed by atoms with Gasteiger partial charge in [0.2, 0.25) is 0 Å². The van der Waals surface area contributed by atoms with Gasteiger partial charge >= 0.3 is 0 Å². The Morgan fingerprint density at radius 1 is 0.821 bits per heavy atom. The SMILES string of the molecule is O=S(=O)(Nc1ccc(Nc2ccc(N3CCCC3)cc2)nc1)c1ccccc1. The molecule has 0 aliphatic carbocycles. The van der Waals surface area contributed by atoms with Crippen LogP contribution in [0.5, 0.6) is 0 Å². The van der Waals surface area contributed by atoms with E-state index in [-0.39, 0.29) is 4.90 Å². The Morgan fingerprint density at radius 3 is 2.14 bits per heavy atom. The number of hydrogen-bond donors (Lipinski definition) is 2. The van der Waals surface area contributed by atoms with Crippen LogP contribution in [0.15, 0.2) is 77.8 Å². The minimum absolute atomic E-state index is 0.218. The number of anilines is 4. The van der Waals surface area contributed by atoms with E-state index in [1.165, 1.54) is 24.7 Å². The van der Waals surface area contributed by atoms with Crippen molar-refractivity contribution < 1.29 is 8.42 Å². The van der Waals surface area contributed by atoms with E-state index in [2.05, 4.69) is 32.1 Å². The predicted octanol–water partition coefficient (Wildman–Crippen LogP) is 4.23. The zero-order valence-electron chi connectivity index (χ0n) is 15.4. The van der Waals surface area contributed by atoms with Gasteiger partial charge in [0.15, 0.2) is 0 Å².